The number of esters is 1. The van der Waals surface area contributed by atoms with Gasteiger partial charge in [-0.3, -0.25) is 4.79 Å². The molecule has 0 aliphatic heterocycles. The number of thiophene rings is 1. The van der Waals surface area contributed by atoms with Gasteiger partial charge >= 0.3 is 12.1 Å². The first kappa shape index (κ1) is 19.6. The van der Waals surface area contributed by atoms with E-state index in [-0.39, 0.29) is 23.9 Å². The Morgan fingerprint density at radius 3 is 2.78 bits per heavy atom. The standard InChI is InChI=1S/C18H16F3NO3S2/c1-3-24-16(23)6-11-9-26-14-7-12(4-5-13(11)14)25-8-15-17(18(19,20)21)22-10(2)27-15/h4-5,7,9H,3,6,8H2,1-2H3. The Kier molecular flexibility index (Phi) is 5.71. The largest absolute Gasteiger partial charge is 0.488 e. The number of hydrogen-bond acceptors (Lipinski definition) is 6. The molecule has 2 heterocycles. The van der Waals surface area contributed by atoms with E-state index < -0.39 is 11.9 Å². The maximum Gasteiger partial charge on any atom is 0.434 e. The minimum absolute atomic E-state index is 0.0503. The fourth-order valence-corrected chi connectivity index (χ4v) is 4.45. The fourth-order valence-electron chi connectivity index (χ4n) is 2.60. The van der Waals surface area contributed by atoms with Gasteiger partial charge in [-0.25, -0.2) is 4.98 Å². The lowest BCUT2D eigenvalue weighted by Crippen LogP contribution is -2.10. The maximum absolute atomic E-state index is 13.0. The number of hydrogen-bond donors (Lipinski definition) is 0. The second kappa shape index (κ2) is 7.85. The molecule has 0 aliphatic rings. The van der Waals surface area contributed by atoms with Crippen LogP contribution in [-0.2, 0) is 28.7 Å². The van der Waals surface area contributed by atoms with E-state index in [4.69, 9.17) is 9.47 Å². The number of alkyl halides is 3. The van der Waals surface area contributed by atoms with Crippen LogP contribution < -0.4 is 4.74 Å². The van der Waals surface area contributed by atoms with Crippen LogP contribution in [0.2, 0.25) is 0 Å². The van der Waals surface area contributed by atoms with Gasteiger partial charge < -0.3 is 9.47 Å². The van der Waals surface area contributed by atoms with Crippen LogP contribution in [0, 0.1) is 6.92 Å². The first-order valence-corrected chi connectivity index (χ1v) is 9.79. The van der Waals surface area contributed by atoms with E-state index >= 15 is 0 Å². The molecule has 0 atom stereocenters. The normalized spacial score (nSPS) is 11.7. The van der Waals surface area contributed by atoms with Crippen molar-refractivity contribution in [2.24, 2.45) is 0 Å². The zero-order valence-electron chi connectivity index (χ0n) is 14.6. The van der Waals surface area contributed by atoms with Crippen molar-refractivity contribution in [2.45, 2.75) is 33.1 Å². The predicted octanol–water partition coefficient (Wildman–Crippen LogP) is 5.37. The lowest BCUT2D eigenvalue weighted by atomic mass is 10.1. The minimum Gasteiger partial charge on any atom is -0.488 e. The van der Waals surface area contributed by atoms with E-state index in [1.807, 2.05) is 5.38 Å². The number of nitrogens with zero attached hydrogens (tertiary/aromatic N) is 1. The Morgan fingerprint density at radius 1 is 1.30 bits per heavy atom. The summed E-state index contributed by atoms with van der Waals surface area (Å²) in [6, 6.07) is 5.25. The van der Waals surface area contributed by atoms with Crippen LogP contribution in [0.3, 0.4) is 0 Å². The molecule has 0 unspecified atom stereocenters. The summed E-state index contributed by atoms with van der Waals surface area (Å²) >= 11 is 2.42. The highest BCUT2D eigenvalue weighted by Crippen LogP contribution is 2.35. The Balaban J connectivity index is 1.75. The van der Waals surface area contributed by atoms with Crippen LogP contribution in [0.15, 0.2) is 23.6 Å². The third kappa shape index (κ3) is 4.59. The number of carbonyl (C=O) groups is 1. The summed E-state index contributed by atoms with van der Waals surface area (Å²) < 4.78 is 50.4. The molecule has 0 N–H and O–H groups in total. The number of carbonyl (C=O) groups excluding carboxylic acids is 1. The van der Waals surface area contributed by atoms with Crippen LogP contribution in [0.25, 0.3) is 10.1 Å². The molecule has 0 spiro atoms. The summed E-state index contributed by atoms with van der Waals surface area (Å²) in [6.07, 6.45) is -4.31. The van der Waals surface area contributed by atoms with Gasteiger partial charge in [0.25, 0.3) is 0 Å². The molecule has 0 fully saturated rings. The average Bonchev–Trinajstić information content (AvgIpc) is 3.16. The first-order valence-electron chi connectivity index (χ1n) is 8.10. The number of ether oxygens (including phenoxy) is 2. The minimum atomic E-state index is -4.50. The van der Waals surface area contributed by atoms with Crippen molar-refractivity contribution >= 4 is 38.7 Å². The zero-order valence-corrected chi connectivity index (χ0v) is 16.2. The van der Waals surface area contributed by atoms with Gasteiger partial charge in [0.15, 0.2) is 5.69 Å². The van der Waals surface area contributed by atoms with E-state index in [2.05, 4.69) is 4.98 Å². The molecule has 0 aliphatic carbocycles. The van der Waals surface area contributed by atoms with Gasteiger partial charge in [0.2, 0.25) is 0 Å². The van der Waals surface area contributed by atoms with E-state index in [9.17, 15) is 18.0 Å². The molecule has 0 saturated heterocycles. The lowest BCUT2D eigenvalue weighted by molar-refractivity contribution is -0.142. The van der Waals surface area contributed by atoms with Gasteiger partial charge in [0, 0.05) is 4.70 Å². The van der Waals surface area contributed by atoms with Gasteiger partial charge in [0.05, 0.1) is 22.9 Å². The zero-order chi connectivity index (χ0) is 19.6. The lowest BCUT2D eigenvalue weighted by Gasteiger charge is -2.08. The molecule has 0 amide bonds. The topological polar surface area (TPSA) is 48.4 Å². The number of benzene rings is 1. The molecule has 144 valence electrons. The SMILES string of the molecule is CCOC(=O)Cc1csc2cc(OCc3sc(C)nc3C(F)(F)F)ccc12. The summed E-state index contributed by atoms with van der Waals surface area (Å²) in [6.45, 7) is 3.41. The van der Waals surface area contributed by atoms with E-state index in [0.29, 0.717) is 17.4 Å². The molecular formula is C18H16F3NO3S2. The molecule has 0 bridgehead atoms. The van der Waals surface area contributed by atoms with Crippen molar-refractivity contribution in [3.05, 3.63) is 44.7 Å². The number of halogens is 3. The molecule has 0 radical (unpaired) electrons. The highest BCUT2D eigenvalue weighted by atomic mass is 32.1. The van der Waals surface area contributed by atoms with Crippen LogP contribution in [0.1, 0.15) is 28.1 Å². The van der Waals surface area contributed by atoms with Crippen LogP contribution >= 0.6 is 22.7 Å². The monoisotopic (exact) mass is 415 g/mol. The summed E-state index contributed by atoms with van der Waals surface area (Å²) in [5.41, 5.74) is -0.0311. The molecule has 1 aromatic carbocycles. The number of aromatic nitrogens is 1. The summed E-state index contributed by atoms with van der Waals surface area (Å²) in [5.74, 6) is 0.170. The Labute approximate surface area is 161 Å². The van der Waals surface area contributed by atoms with Crippen LogP contribution in [-0.4, -0.2) is 17.6 Å². The van der Waals surface area contributed by atoms with Crippen molar-refractivity contribution < 1.29 is 27.4 Å². The highest BCUT2D eigenvalue weighted by molar-refractivity contribution is 7.17. The third-order valence-corrected chi connectivity index (χ3v) is 5.65. The van der Waals surface area contributed by atoms with Gasteiger partial charge in [0.1, 0.15) is 12.4 Å². The Hall–Kier alpha value is -2.13. The van der Waals surface area contributed by atoms with Crippen molar-refractivity contribution in [1.29, 1.82) is 0 Å². The van der Waals surface area contributed by atoms with Crippen molar-refractivity contribution in [3.63, 3.8) is 0 Å². The number of thiazole rings is 1. The second-order valence-electron chi connectivity index (χ2n) is 5.69. The average molecular weight is 415 g/mol. The molecule has 4 nitrogen and oxygen atoms in total. The third-order valence-electron chi connectivity index (χ3n) is 3.71. The van der Waals surface area contributed by atoms with Gasteiger partial charge in [-0.2, -0.15) is 13.2 Å². The van der Waals surface area contributed by atoms with Gasteiger partial charge in [-0.1, -0.05) is 0 Å². The van der Waals surface area contributed by atoms with E-state index in [1.54, 1.807) is 25.1 Å². The van der Waals surface area contributed by atoms with Crippen LogP contribution in [0.5, 0.6) is 5.75 Å². The van der Waals surface area contributed by atoms with Crippen molar-refractivity contribution in [3.8, 4) is 5.75 Å². The Morgan fingerprint density at radius 2 is 2.07 bits per heavy atom. The number of fused-ring (bicyclic) bond motifs is 1. The molecule has 0 saturated carbocycles. The fraction of sp³-hybridized carbons (Fsp3) is 0.333. The van der Waals surface area contributed by atoms with Gasteiger partial charge in [-0.05, 0) is 48.4 Å². The maximum atomic E-state index is 13.0. The van der Waals surface area contributed by atoms with E-state index in [1.165, 1.54) is 18.3 Å². The van der Waals surface area contributed by atoms with Crippen LogP contribution in [0.4, 0.5) is 13.2 Å². The molecule has 9 heteroatoms. The Bertz CT molecular complexity index is 963. The molecular weight excluding hydrogens is 399 g/mol. The predicted molar refractivity (Wildman–Crippen MR) is 98.3 cm³/mol. The number of rotatable bonds is 6. The van der Waals surface area contributed by atoms with Crippen molar-refractivity contribution in [2.75, 3.05) is 6.61 Å². The first-order chi connectivity index (χ1) is 12.8. The molecule has 3 aromatic rings. The summed E-state index contributed by atoms with van der Waals surface area (Å²) in [7, 11) is 0. The van der Waals surface area contributed by atoms with Gasteiger partial charge in [-0.15, -0.1) is 22.7 Å². The molecule has 27 heavy (non-hydrogen) atoms. The second-order valence-corrected chi connectivity index (χ2v) is 7.89. The molecule has 2 aromatic heterocycles. The summed E-state index contributed by atoms with van der Waals surface area (Å²) in [4.78, 5) is 15.3. The molecule has 3 rings (SSSR count). The smallest absolute Gasteiger partial charge is 0.434 e. The quantitative estimate of drug-likeness (QED) is 0.508. The highest BCUT2D eigenvalue weighted by Gasteiger charge is 2.37. The van der Waals surface area contributed by atoms with Crippen molar-refractivity contribution in [1.82, 2.24) is 4.98 Å². The number of aryl methyl sites for hydroxylation is 1. The summed E-state index contributed by atoms with van der Waals surface area (Å²) in [5, 5.41) is 3.13. The van der Waals surface area contributed by atoms with E-state index in [0.717, 1.165) is 27.0 Å².